The van der Waals surface area contributed by atoms with E-state index >= 15 is 0 Å². The Hall–Kier alpha value is -1.12. The van der Waals surface area contributed by atoms with E-state index in [-0.39, 0.29) is 17.1 Å². The van der Waals surface area contributed by atoms with E-state index in [0.717, 1.165) is 35.9 Å². The number of thioether (sulfide) groups is 1. The third kappa shape index (κ3) is 4.01. The molecule has 3 heterocycles. The van der Waals surface area contributed by atoms with Gasteiger partial charge >= 0.3 is 7.12 Å². The molecule has 0 radical (unpaired) electrons. The van der Waals surface area contributed by atoms with Crippen molar-refractivity contribution in [1.82, 2.24) is 14.9 Å². The van der Waals surface area contributed by atoms with E-state index in [4.69, 9.17) is 9.31 Å². The van der Waals surface area contributed by atoms with Crippen molar-refractivity contribution in [1.29, 1.82) is 0 Å². The first-order valence-electron chi connectivity index (χ1n) is 8.74. The van der Waals surface area contributed by atoms with Crippen LogP contribution in [0.3, 0.4) is 0 Å². The monoisotopic (exact) mass is 363 g/mol. The first kappa shape index (κ1) is 18.7. The number of likely N-dealkylation sites (tertiary alicyclic amines) is 1. The van der Waals surface area contributed by atoms with Crippen molar-refractivity contribution >= 4 is 30.3 Å². The van der Waals surface area contributed by atoms with Gasteiger partial charge in [-0.25, -0.2) is 9.97 Å². The second-order valence-corrected chi connectivity index (χ2v) is 8.81. The van der Waals surface area contributed by atoms with Gasteiger partial charge < -0.3 is 14.2 Å². The number of carbonyl (C=O) groups is 1. The molecule has 0 aromatic carbocycles. The number of nitrogens with zero attached hydrogens (tertiary/aromatic N) is 3. The number of carbonyl (C=O) groups excluding carboxylic acids is 1. The van der Waals surface area contributed by atoms with Crippen molar-refractivity contribution in [3.05, 3.63) is 12.4 Å². The maximum absolute atomic E-state index is 11.4. The predicted octanol–water partition coefficient (Wildman–Crippen LogP) is 1.74. The van der Waals surface area contributed by atoms with Gasteiger partial charge in [-0.3, -0.25) is 4.79 Å². The number of hydrogen-bond donors (Lipinski definition) is 0. The van der Waals surface area contributed by atoms with Crippen LogP contribution in [0, 0.1) is 5.92 Å². The van der Waals surface area contributed by atoms with Crippen LogP contribution in [0.5, 0.6) is 0 Å². The Kier molecular flexibility index (Phi) is 5.15. The molecule has 0 aliphatic carbocycles. The molecule has 1 aromatic heterocycles. The third-order valence-corrected chi connectivity index (χ3v) is 6.46. The van der Waals surface area contributed by atoms with Crippen molar-refractivity contribution < 1.29 is 14.1 Å². The van der Waals surface area contributed by atoms with Crippen molar-refractivity contribution in [2.24, 2.45) is 5.92 Å². The zero-order chi connectivity index (χ0) is 18.2. The molecule has 2 saturated heterocycles. The fourth-order valence-electron chi connectivity index (χ4n) is 2.95. The highest BCUT2D eigenvalue weighted by Gasteiger charge is 2.51. The molecule has 1 atom stereocenters. The standard InChI is InChI=1S/C17H26BN3O3S/c1-12(22)21-7-6-13(10-21)11-25-15-19-8-14(9-20-15)18-23-16(2,3)17(4,5)24-18/h8-9,13H,6-7,10-11H2,1-5H3. The van der Waals surface area contributed by atoms with E-state index in [0.29, 0.717) is 5.92 Å². The molecule has 1 aromatic rings. The lowest BCUT2D eigenvalue weighted by atomic mass is 9.81. The van der Waals surface area contributed by atoms with Crippen LogP contribution < -0.4 is 5.46 Å². The van der Waals surface area contributed by atoms with Crippen LogP contribution >= 0.6 is 11.8 Å². The largest absolute Gasteiger partial charge is 0.498 e. The SMILES string of the molecule is CC(=O)N1CCC(CSc2ncc(B3OC(C)(C)C(C)(C)O3)cn2)C1. The molecule has 0 N–H and O–H groups in total. The lowest BCUT2D eigenvalue weighted by Gasteiger charge is -2.32. The Morgan fingerprint density at radius 3 is 2.40 bits per heavy atom. The van der Waals surface area contributed by atoms with Crippen LogP contribution in [0.25, 0.3) is 0 Å². The minimum absolute atomic E-state index is 0.163. The molecular weight excluding hydrogens is 337 g/mol. The summed E-state index contributed by atoms with van der Waals surface area (Å²) in [4.78, 5) is 22.2. The Labute approximate surface area is 154 Å². The molecule has 6 nitrogen and oxygen atoms in total. The zero-order valence-electron chi connectivity index (χ0n) is 15.6. The summed E-state index contributed by atoms with van der Waals surface area (Å²) < 4.78 is 12.0. The van der Waals surface area contributed by atoms with Crippen molar-refractivity contribution in [2.75, 3.05) is 18.8 Å². The van der Waals surface area contributed by atoms with Crippen LogP contribution in [0.1, 0.15) is 41.0 Å². The fraction of sp³-hybridized carbons (Fsp3) is 0.706. The normalized spacial score (nSPS) is 24.8. The Bertz CT molecular complexity index is 623. The highest BCUT2D eigenvalue weighted by Crippen LogP contribution is 2.36. The second-order valence-electron chi connectivity index (χ2n) is 7.82. The lowest BCUT2D eigenvalue weighted by molar-refractivity contribution is -0.127. The van der Waals surface area contributed by atoms with Crippen LogP contribution in [-0.4, -0.2) is 57.9 Å². The summed E-state index contributed by atoms with van der Waals surface area (Å²) in [7, 11) is -0.428. The smallest absolute Gasteiger partial charge is 0.399 e. The van der Waals surface area contributed by atoms with Gasteiger partial charge in [0.05, 0.1) is 11.2 Å². The molecule has 0 bridgehead atoms. The topological polar surface area (TPSA) is 64.6 Å². The third-order valence-electron chi connectivity index (χ3n) is 5.35. The number of aromatic nitrogens is 2. The molecule has 136 valence electrons. The Morgan fingerprint density at radius 1 is 1.28 bits per heavy atom. The van der Waals surface area contributed by atoms with Gasteiger partial charge in [-0.2, -0.15) is 0 Å². The van der Waals surface area contributed by atoms with Gasteiger partial charge in [-0.1, -0.05) is 11.8 Å². The summed E-state index contributed by atoms with van der Waals surface area (Å²) in [6.07, 6.45) is 4.63. The molecular formula is C17H26BN3O3S. The quantitative estimate of drug-likeness (QED) is 0.461. The average Bonchev–Trinajstić information content (AvgIpc) is 3.09. The number of amides is 1. The van der Waals surface area contributed by atoms with Gasteiger partial charge in [-0.15, -0.1) is 0 Å². The van der Waals surface area contributed by atoms with E-state index < -0.39 is 7.12 Å². The summed E-state index contributed by atoms with van der Waals surface area (Å²) in [5, 5.41) is 0.751. The van der Waals surface area contributed by atoms with Gasteiger partial charge in [0, 0.05) is 43.6 Å². The minimum Gasteiger partial charge on any atom is -0.399 e. The van der Waals surface area contributed by atoms with Gasteiger partial charge in [0.1, 0.15) is 0 Å². The predicted molar refractivity (Wildman–Crippen MR) is 98.8 cm³/mol. The van der Waals surface area contributed by atoms with Crippen LogP contribution in [0.2, 0.25) is 0 Å². The van der Waals surface area contributed by atoms with Gasteiger partial charge in [0.2, 0.25) is 5.91 Å². The van der Waals surface area contributed by atoms with Crippen molar-refractivity contribution in [2.45, 2.75) is 57.4 Å². The summed E-state index contributed by atoms with van der Waals surface area (Å²) in [5.74, 6) is 1.61. The van der Waals surface area contributed by atoms with E-state index in [9.17, 15) is 4.79 Å². The molecule has 8 heteroatoms. The van der Waals surface area contributed by atoms with Gasteiger partial charge in [0.15, 0.2) is 5.16 Å². The van der Waals surface area contributed by atoms with Crippen LogP contribution in [0.4, 0.5) is 0 Å². The van der Waals surface area contributed by atoms with Crippen molar-refractivity contribution in [3.63, 3.8) is 0 Å². The highest BCUT2D eigenvalue weighted by molar-refractivity contribution is 7.99. The van der Waals surface area contributed by atoms with E-state index in [1.807, 2.05) is 32.6 Å². The molecule has 0 spiro atoms. The molecule has 1 amide bonds. The molecule has 1 unspecified atom stereocenters. The molecule has 3 rings (SSSR count). The first-order chi connectivity index (χ1) is 11.7. The summed E-state index contributed by atoms with van der Waals surface area (Å²) >= 11 is 1.64. The van der Waals surface area contributed by atoms with Crippen LogP contribution in [-0.2, 0) is 14.1 Å². The summed E-state index contributed by atoms with van der Waals surface area (Å²) in [6, 6.07) is 0. The molecule has 2 aliphatic heterocycles. The molecule has 2 fully saturated rings. The molecule has 2 aliphatic rings. The first-order valence-corrected chi connectivity index (χ1v) is 9.72. The van der Waals surface area contributed by atoms with E-state index in [2.05, 4.69) is 9.97 Å². The molecule has 0 saturated carbocycles. The summed E-state index contributed by atoms with van der Waals surface area (Å²) in [6.45, 7) is 11.5. The fourth-order valence-corrected chi connectivity index (χ4v) is 3.86. The Balaban J connectivity index is 1.54. The maximum atomic E-state index is 11.4. The lowest BCUT2D eigenvalue weighted by Crippen LogP contribution is -2.41. The average molecular weight is 363 g/mol. The van der Waals surface area contributed by atoms with E-state index in [1.54, 1.807) is 31.1 Å². The van der Waals surface area contributed by atoms with Gasteiger partial charge in [0.25, 0.3) is 0 Å². The Morgan fingerprint density at radius 2 is 1.88 bits per heavy atom. The zero-order valence-corrected chi connectivity index (χ0v) is 16.4. The van der Waals surface area contributed by atoms with Gasteiger partial charge in [-0.05, 0) is 40.0 Å². The van der Waals surface area contributed by atoms with Crippen molar-refractivity contribution in [3.8, 4) is 0 Å². The maximum Gasteiger partial charge on any atom is 0.498 e. The second kappa shape index (κ2) is 6.89. The molecule has 25 heavy (non-hydrogen) atoms. The van der Waals surface area contributed by atoms with E-state index in [1.165, 1.54) is 0 Å². The number of hydrogen-bond acceptors (Lipinski definition) is 6. The van der Waals surface area contributed by atoms with Crippen LogP contribution in [0.15, 0.2) is 17.6 Å². The number of rotatable bonds is 4. The minimum atomic E-state index is -0.428. The summed E-state index contributed by atoms with van der Waals surface area (Å²) in [5.41, 5.74) is 0.110. The highest BCUT2D eigenvalue weighted by atomic mass is 32.2.